The van der Waals surface area contributed by atoms with Crippen LogP contribution in [0.15, 0.2) is 67.0 Å². The molecule has 3 aromatic rings. The maximum Gasteiger partial charge on any atom is 0.224 e. The van der Waals surface area contributed by atoms with Crippen LogP contribution in [0.3, 0.4) is 0 Å². The maximum absolute atomic E-state index is 12.6. The van der Waals surface area contributed by atoms with E-state index in [9.17, 15) is 4.79 Å². The highest BCUT2D eigenvalue weighted by Crippen LogP contribution is 2.30. The fraction of sp³-hybridized carbons (Fsp3) is 0.345. The van der Waals surface area contributed by atoms with E-state index in [4.69, 9.17) is 19.6 Å². The van der Waals surface area contributed by atoms with Crippen molar-refractivity contribution in [3.63, 3.8) is 0 Å². The normalized spacial score (nSPS) is 16.3. The number of nitrogens with zero attached hydrogens (tertiary/aromatic N) is 4. The Morgan fingerprint density at radius 2 is 2.00 bits per heavy atom. The molecule has 8 heteroatoms. The maximum atomic E-state index is 12.6. The van der Waals surface area contributed by atoms with Crippen LogP contribution in [-0.4, -0.2) is 60.5 Å². The molecule has 1 amide bonds. The number of hydrogen-bond donors (Lipinski definition) is 1. The van der Waals surface area contributed by atoms with Crippen LogP contribution in [-0.2, 0) is 20.7 Å². The third-order valence-corrected chi connectivity index (χ3v) is 6.45. The molecule has 1 aliphatic heterocycles. The van der Waals surface area contributed by atoms with E-state index >= 15 is 0 Å². The van der Waals surface area contributed by atoms with Crippen LogP contribution < -0.4 is 10.2 Å². The molecule has 4 rings (SSSR count). The van der Waals surface area contributed by atoms with Gasteiger partial charge in [-0.15, -0.1) is 0 Å². The number of allylic oxidation sites excluding steroid dienone is 4. The van der Waals surface area contributed by atoms with E-state index in [-0.39, 0.29) is 11.9 Å². The van der Waals surface area contributed by atoms with Crippen LogP contribution in [0, 0.1) is 13.8 Å². The lowest BCUT2D eigenvalue weighted by molar-refractivity contribution is -0.121. The van der Waals surface area contributed by atoms with Gasteiger partial charge >= 0.3 is 0 Å². The van der Waals surface area contributed by atoms with Gasteiger partial charge in [-0.25, -0.2) is 9.50 Å². The van der Waals surface area contributed by atoms with Gasteiger partial charge in [0.15, 0.2) is 5.65 Å². The van der Waals surface area contributed by atoms with Crippen molar-refractivity contribution in [3.05, 3.63) is 89.6 Å². The molecule has 3 heterocycles. The van der Waals surface area contributed by atoms with Gasteiger partial charge in [0.05, 0.1) is 36.3 Å². The van der Waals surface area contributed by atoms with Crippen molar-refractivity contribution in [1.82, 2.24) is 19.9 Å². The summed E-state index contributed by atoms with van der Waals surface area (Å²) in [7, 11) is 3.25. The topological polar surface area (TPSA) is 81.0 Å². The van der Waals surface area contributed by atoms with Gasteiger partial charge in [0.2, 0.25) is 5.91 Å². The van der Waals surface area contributed by atoms with Crippen molar-refractivity contribution in [2.45, 2.75) is 32.7 Å². The van der Waals surface area contributed by atoms with E-state index in [1.54, 1.807) is 20.3 Å². The molecule has 0 spiro atoms. The van der Waals surface area contributed by atoms with Crippen LogP contribution in [0.25, 0.3) is 11.2 Å². The number of carbonyl (C=O) groups is 1. The van der Waals surface area contributed by atoms with Gasteiger partial charge in [0, 0.05) is 31.8 Å². The van der Waals surface area contributed by atoms with Crippen LogP contribution in [0.5, 0.6) is 0 Å². The summed E-state index contributed by atoms with van der Waals surface area (Å²) in [5.41, 5.74) is 6.32. The summed E-state index contributed by atoms with van der Waals surface area (Å²) in [6.45, 7) is 9.91. The van der Waals surface area contributed by atoms with Crippen molar-refractivity contribution in [2.75, 3.05) is 38.8 Å². The van der Waals surface area contributed by atoms with Gasteiger partial charge in [-0.05, 0) is 44.1 Å². The first-order chi connectivity index (χ1) is 17.9. The van der Waals surface area contributed by atoms with E-state index in [0.29, 0.717) is 18.8 Å². The number of aryl methyl sites for hydroxylation is 2. The van der Waals surface area contributed by atoms with E-state index in [1.807, 2.05) is 60.8 Å². The Labute approximate surface area is 218 Å². The van der Waals surface area contributed by atoms with Crippen LogP contribution in [0.4, 0.5) is 5.69 Å². The highest BCUT2D eigenvalue weighted by molar-refractivity contribution is 5.80. The molecule has 0 aliphatic carbocycles. The van der Waals surface area contributed by atoms with E-state index in [1.165, 1.54) is 0 Å². The molecule has 1 N–H and O–H groups in total. The number of methoxy groups -OCH3 is 2. The van der Waals surface area contributed by atoms with Gasteiger partial charge in [-0.1, -0.05) is 43.0 Å². The molecule has 0 radical (unpaired) electrons. The summed E-state index contributed by atoms with van der Waals surface area (Å²) >= 11 is 0. The number of ether oxygens (including phenoxy) is 2. The summed E-state index contributed by atoms with van der Waals surface area (Å²) in [5, 5.41) is 7.99. The van der Waals surface area contributed by atoms with Gasteiger partial charge in [-0.3, -0.25) is 4.79 Å². The molecule has 2 aromatic heterocycles. The lowest BCUT2D eigenvalue weighted by Gasteiger charge is -2.20. The number of amides is 1. The Balaban J connectivity index is 1.58. The number of rotatable bonds is 10. The monoisotopic (exact) mass is 501 g/mol. The van der Waals surface area contributed by atoms with E-state index in [2.05, 4.69) is 22.9 Å². The number of hydrogen-bond acceptors (Lipinski definition) is 6. The minimum atomic E-state index is 0.0470. The average Bonchev–Trinajstić information content (AvgIpc) is 3.48. The van der Waals surface area contributed by atoms with Gasteiger partial charge < -0.3 is 19.7 Å². The third kappa shape index (κ3) is 6.09. The first-order valence-electron chi connectivity index (χ1n) is 12.4. The summed E-state index contributed by atoms with van der Waals surface area (Å²) in [5.74, 6) is 0.751. The molecule has 0 bridgehead atoms. The number of imidazole rings is 1. The van der Waals surface area contributed by atoms with Crippen molar-refractivity contribution >= 4 is 22.8 Å². The Morgan fingerprint density at radius 3 is 2.70 bits per heavy atom. The second-order valence-corrected chi connectivity index (χ2v) is 9.21. The van der Waals surface area contributed by atoms with E-state index in [0.717, 1.165) is 59.1 Å². The standard InChI is InChI=1S/C29H35N5O3/c1-6-23(12-13-25(37-5)19-36-4)28-21(3)30-29-26(16-20(2)32-34(28)29)33-15-14-24(18-33)31-27(35)17-22-10-8-7-9-11-22/h6-13,16,24H,1,14-15,17-19H2,2-5H3,(H,31,35)/b23-12+,25-13+. The number of anilines is 1. The van der Waals surface area contributed by atoms with Crippen LogP contribution >= 0.6 is 0 Å². The Kier molecular flexibility index (Phi) is 8.40. The lowest BCUT2D eigenvalue weighted by atomic mass is 10.1. The molecular weight excluding hydrogens is 466 g/mol. The predicted octanol–water partition coefficient (Wildman–Crippen LogP) is 4.03. The molecule has 1 aliphatic rings. The predicted molar refractivity (Wildman–Crippen MR) is 147 cm³/mol. The van der Waals surface area contributed by atoms with Crippen molar-refractivity contribution in [3.8, 4) is 0 Å². The number of benzene rings is 1. The molecule has 1 unspecified atom stereocenters. The highest BCUT2D eigenvalue weighted by atomic mass is 16.5. The number of aromatic nitrogens is 3. The van der Waals surface area contributed by atoms with Crippen molar-refractivity contribution < 1.29 is 14.3 Å². The third-order valence-electron chi connectivity index (χ3n) is 6.45. The number of fused-ring (bicyclic) bond motifs is 1. The largest absolute Gasteiger partial charge is 0.499 e. The second-order valence-electron chi connectivity index (χ2n) is 9.21. The highest BCUT2D eigenvalue weighted by Gasteiger charge is 2.27. The minimum absolute atomic E-state index is 0.0470. The Bertz CT molecular complexity index is 1330. The Morgan fingerprint density at radius 1 is 1.22 bits per heavy atom. The molecule has 1 atom stereocenters. The lowest BCUT2D eigenvalue weighted by Crippen LogP contribution is -2.38. The smallest absolute Gasteiger partial charge is 0.224 e. The van der Waals surface area contributed by atoms with Gasteiger partial charge in [0.25, 0.3) is 0 Å². The SMILES string of the molecule is C=C/C(=C\C=C(/COC)OC)c1c(C)nc2c(N3CCC(NC(=O)Cc4ccccc4)C3)cc(C)nn12. The summed E-state index contributed by atoms with van der Waals surface area (Å²) in [6, 6.07) is 12.0. The molecule has 194 valence electrons. The van der Waals surface area contributed by atoms with Gasteiger partial charge in [-0.2, -0.15) is 5.10 Å². The zero-order chi connectivity index (χ0) is 26.4. The average molecular weight is 502 g/mol. The molecular formula is C29H35N5O3. The van der Waals surface area contributed by atoms with Crippen LogP contribution in [0.2, 0.25) is 0 Å². The van der Waals surface area contributed by atoms with Crippen LogP contribution in [0.1, 0.15) is 29.1 Å². The fourth-order valence-corrected chi connectivity index (χ4v) is 4.69. The summed E-state index contributed by atoms with van der Waals surface area (Å²) in [6.07, 6.45) is 6.88. The minimum Gasteiger partial charge on any atom is -0.499 e. The second kappa shape index (κ2) is 11.9. The Hall–Kier alpha value is -3.91. The fourth-order valence-electron chi connectivity index (χ4n) is 4.69. The molecule has 8 nitrogen and oxygen atoms in total. The number of nitrogens with one attached hydrogen (secondary N) is 1. The molecule has 0 saturated carbocycles. The van der Waals surface area contributed by atoms with Crippen molar-refractivity contribution in [2.24, 2.45) is 0 Å². The molecule has 37 heavy (non-hydrogen) atoms. The number of carbonyl (C=O) groups excluding carboxylic acids is 1. The zero-order valence-electron chi connectivity index (χ0n) is 22.0. The molecule has 1 fully saturated rings. The van der Waals surface area contributed by atoms with Crippen molar-refractivity contribution in [1.29, 1.82) is 0 Å². The van der Waals surface area contributed by atoms with E-state index < -0.39 is 0 Å². The first-order valence-corrected chi connectivity index (χ1v) is 12.4. The molecule has 1 aromatic carbocycles. The van der Waals surface area contributed by atoms with Gasteiger partial charge in [0.1, 0.15) is 12.4 Å². The quantitative estimate of drug-likeness (QED) is 0.334. The molecule has 1 saturated heterocycles. The summed E-state index contributed by atoms with van der Waals surface area (Å²) in [4.78, 5) is 19.8. The first kappa shape index (κ1) is 26.2. The zero-order valence-corrected chi connectivity index (χ0v) is 22.0. The summed E-state index contributed by atoms with van der Waals surface area (Å²) < 4.78 is 12.5.